The summed E-state index contributed by atoms with van der Waals surface area (Å²) in [6.45, 7) is 4.03. The Bertz CT molecular complexity index is 1200. The molecule has 2 atom stereocenters. The molecule has 5 rings (SSSR count). The monoisotopic (exact) mass is 457 g/mol. The van der Waals surface area contributed by atoms with Gasteiger partial charge in [0.05, 0.1) is 24.1 Å². The predicted octanol–water partition coefficient (Wildman–Crippen LogP) is 6.43. The van der Waals surface area contributed by atoms with Gasteiger partial charge in [-0.25, -0.2) is 14.8 Å². The van der Waals surface area contributed by atoms with Gasteiger partial charge in [0, 0.05) is 5.92 Å². The molecule has 33 heavy (non-hydrogen) atoms. The van der Waals surface area contributed by atoms with Gasteiger partial charge in [-0.15, -0.1) is 0 Å². The quantitative estimate of drug-likeness (QED) is 0.414. The number of thiazole rings is 1. The van der Waals surface area contributed by atoms with Gasteiger partial charge in [-0.2, -0.15) is 5.10 Å². The fourth-order valence-electron chi connectivity index (χ4n) is 4.76. The first-order valence-corrected chi connectivity index (χ1v) is 12.3. The van der Waals surface area contributed by atoms with Crippen LogP contribution in [-0.2, 0) is 4.74 Å². The molecule has 2 aromatic carbocycles. The summed E-state index contributed by atoms with van der Waals surface area (Å²) in [4.78, 5) is 17.7. The van der Waals surface area contributed by atoms with Crippen molar-refractivity contribution in [3.8, 4) is 0 Å². The number of rotatable bonds is 5. The van der Waals surface area contributed by atoms with E-state index in [1.165, 1.54) is 28.0 Å². The lowest BCUT2D eigenvalue weighted by molar-refractivity contribution is 0.0531. The molecule has 1 aliphatic heterocycles. The number of fused-ring (bicyclic) bond motifs is 1. The summed E-state index contributed by atoms with van der Waals surface area (Å²) in [6, 6.07) is 21.0. The third-order valence-electron chi connectivity index (χ3n) is 6.23. The molecule has 0 N–H and O–H groups in total. The minimum atomic E-state index is -0.316. The third-order valence-corrected chi connectivity index (χ3v) is 7.35. The van der Waals surface area contributed by atoms with Gasteiger partial charge in [-0.1, -0.05) is 72.0 Å². The average Bonchev–Trinajstić information content (AvgIpc) is 3.42. The van der Waals surface area contributed by atoms with Crippen molar-refractivity contribution in [2.75, 3.05) is 11.6 Å². The fourth-order valence-corrected chi connectivity index (χ4v) is 5.71. The van der Waals surface area contributed by atoms with Gasteiger partial charge in [0.2, 0.25) is 5.13 Å². The summed E-state index contributed by atoms with van der Waals surface area (Å²) in [5.74, 6) is -0.0321. The molecule has 1 aliphatic carbocycles. The molecule has 0 bridgehead atoms. The minimum absolute atomic E-state index is 0.0567. The van der Waals surface area contributed by atoms with Crippen molar-refractivity contribution in [1.82, 2.24) is 4.98 Å². The number of ether oxygens (including phenoxy) is 1. The van der Waals surface area contributed by atoms with E-state index in [0.717, 1.165) is 30.1 Å². The van der Waals surface area contributed by atoms with Crippen molar-refractivity contribution in [2.24, 2.45) is 11.0 Å². The standard InChI is InChI=1S/C27H27N3O2S/c1-3-32-26(31)25-18(2)28-27(33-25)30-24(20-13-8-5-9-14-20)22-16-10-15-21(23(22)29-30)17-19-11-6-4-7-12-19/h4-9,11-14,17,22,24H,3,10,15-16H2,1-2H3/b21-17-/t22-,24-/m1/s1. The molecule has 3 aromatic rings. The average molecular weight is 458 g/mol. The van der Waals surface area contributed by atoms with Gasteiger partial charge < -0.3 is 4.74 Å². The van der Waals surface area contributed by atoms with Crippen LogP contribution >= 0.6 is 11.3 Å². The Morgan fingerprint density at radius 2 is 1.88 bits per heavy atom. The zero-order valence-corrected chi connectivity index (χ0v) is 19.7. The van der Waals surface area contributed by atoms with Crippen LogP contribution in [0.5, 0.6) is 0 Å². The van der Waals surface area contributed by atoms with Crippen LogP contribution in [0.25, 0.3) is 6.08 Å². The van der Waals surface area contributed by atoms with Gasteiger partial charge in [-0.05, 0) is 55.9 Å². The van der Waals surface area contributed by atoms with E-state index in [1.54, 1.807) is 0 Å². The Hall–Kier alpha value is -3.25. The number of hydrogen-bond acceptors (Lipinski definition) is 6. The Morgan fingerprint density at radius 3 is 2.61 bits per heavy atom. The first-order valence-electron chi connectivity index (χ1n) is 11.5. The number of benzene rings is 2. The molecule has 0 unspecified atom stereocenters. The Labute approximate surface area is 198 Å². The number of carbonyl (C=O) groups is 1. The summed E-state index contributed by atoms with van der Waals surface area (Å²) in [5, 5.41) is 7.94. The van der Waals surface area contributed by atoms with Crippen LogP contribution in [0.2, 0.25) is 0 Å². The zero-order valence-electron chi connectivity index (χ0n) is 18.9. The molecule has 0 amide bonds. The lowest BCUT2D eigenvalue weighted by Gasteiger charge is -2.29. The van der Waals surface area contributed by atoms with E-state index >= 15 is 0 Å². The second-order valence-electron chi connectivity index (χ2n) is 8.40. The highest BCUT2D eigenvalue weighted by Crippen LogP contribution is 2.47. The smallest absolute Gasteiger partial charge is 0.350 e. The number of aryl methyl sites for hydroxylation is 1. The maximum Gasteiger partial charge on any atom is 0.350 e. The van der Waals surface area contributed by atoms with E-state index in [1.807, 2.05) is 31.0 Å². The van der Waals surface area contributed by atoms with Crippen LogP contribution < -0.4 is 5.01 Å². The van der Waals surface area contributed by atoms with E-state index in [2.05, 4.69) is 54.6 Å². The maximum atomic E-state index is 12.4. The summed E-state index contributed by atoms with van der Waals surface area (Å²) >= 11 is 1.37. The minimum Gasteiger partial charge on any atom is -0.462 e. The van der Waals surface area contributed by atoms with E-state index in [4.69, 9.17) is 14.8 Å². The molecule has 5 nitrogen and oxygen atoms in total. The van der Waals surface area contributed by atoms with Crippen molar-refractivity contribution in [2.45, 2.75) is 39.2 Å². The van der Waals surface area contributed by atoms with E-state index in [-0.39, 0.29) is 17.9 Å². The summed E-state index contributed by atoms with van der Waals surface area (Å²) in [5.41, 5.74) is 5.53. The van der Waals surface area contributed by atoms with E-state index in [0.29, 0.717) is 17.2 Å². The van der Waals surface area contributed by atoms with Gasteiger partial charge in [0.15, 0.2) is 0 Å². The van der Waals surface area contributed by atoms with Crippen LogP contribution in [0.15, 0.2) is 71.3 Å². The number of hydrogen-bond donors (Lipinski definition) is 0. The Kier molecular flexibility index (Phi) is 6.09. The molecule has 0 radical (unpaired) electrons. The molecule has 1 fully saturated rings. The van der Waals surface area contributed by atoms with Crippen molar-refractivity contribution in [3.63, 3.8) is 0 Å². The van der Waals surface area contributed by atoms with Crippen LogP contribution in [0.4, 0.5) is 5.13 Å². The van der Waals surface area contributed by atoms with E-state index in [9.17, 15) is 4.79 Å². The maximum absolute atomic E-state index is 12.4. The summed E-state index contributed by atoms with van der Waals surface area (Å²) in [6.07, 6.45) is 5.50. The van der Waals surface area contributed by atoms with Crippen molar-refractivity contribution >= 4 is 34.2 Å². The number of aromatic nitrogens is 1. The van der Waals surface area contributed by atoms with Crippen molar-refractivity contribution < 1.29 is 9.53 Å². The normalized spacial score (nSPS) is 21.1. The Balaban J connectivity index is 1.58. The Morgan fingerprint density at radius 1 is 1.15 bits per heavy atom. The topological polar surface area (TPSA) is 54.8 Å². The highest BCUT2D eigenvalue weighted by molar-refractivity contribution is 7.17. The van der Waals surface area contributed by atoms with E-state index < -0.39 is 0 Å². The van der Waals surface area contributed by atoms with Crippen molar-refractivity contribution in [3.05, 3.63) is 87.9 Å². The highest BCUT2D eigenvalue weighted by Gasteiger charge is 2.43. The second-order valence-corrected chi connectivity index (χ2v) is 9.37. The van der Waals surface area contributed by atoms with Crippen LogP contribution in [-0.4, -0.2) is 23.3 Å². The first kappa shape index (κ1) is 21.6. The highest BCUT2D eigenvalue weighted by atomic mass is 32.1. The molecule has 2 aliphatic rings. The van der Waals surface area contributed by atoms with Gasteiger partial charge in [0.25, 0.3) is 0 Å². The molecule has 2 heterocycles. The molecule has 1 saturated carbocycles. The predicted molar refractivity (Wildman–Crippen MR) is 134 cm³/mol. The lowest BCUT2D eigenvalue weighted by Crippen LogP contribution is -2.28. The lowest BCUT2D eigenvalue weighted by atomic mass is 9.77. The fraction of sp³-hybridized carbons (Fsp3) is 0.296. The number of hydrazone groups is 1. The summed E-state index contributed by atoms with van der Waals surface area (Å²) < 4.78 is 5.24. The second kappa shape index (κ2) is 9.32. The molecule has 0 saturated heterocycles. The van der Waals surface area contributed by atoms with Crippen molar-refractivity contribution in [1.29, 1.82) is 0 Å². The molecular weight excluding hydrogens is 430 g/mol. The number of nitrogens with zero attached hydrogens (tertiary/aromatic N) is 3. The molecule has 168 valence electrons. The summed E-state index contributed by atoms with van der Waals surface area (Å²) in [7, 11) is 0. The molecule has 6 heteroatoms. The molecular formula is C27H27N3O2S. The number of carbonyl (C=O) groups excluding carboxylic acids is 1. The number of allylic oxidation sites excluding steroid dienone is 1. The van der Waals surface area contributed by atoms with Crippen LogP contribution in [0, 0.1) is 12.8 Å². The number of anilines is 1. The first-order chi connectivity index (χ1) is 16.2. The van der Waals surface area contributed by atoms with Gasteiger partial charge in [-0.3, -0.25) is 0 Å². The molecule has 1 aromatic heterocycles. The van der Waals surface area contributed by atoms with Gasteiger partial charge >= 0.3 is 5.97 Å². The van der Waals surface area contributed by atoms with Crippen LogP contribution in [0.1, 0.15) is 58.7 Å². The van der Waals surface area contributed by atoms with Gasteiger partial charge in [0.1, 0.15) is 4.88 Å². The zero-order chi connectivity index (χ0) is 22.8. The third kappa shape index (κ3) is 4.23. The SMILES string of the molecule is CCOC(=O)c1sc(N2N=C3/C(=C\c4ccccc4)CCC[C@H]3[C@H]2c2ccccc2)nc1C. The molecule has 0 spiro atoms. The number of esters is 1. The largest absolute Gasteiger partial charge is 0.462 e. The van der Waals surface area contributed by atoms with Crippen LogP contribution in [0.3, 0.4) is 0 Å².